The Balaban J connectivity index is 2.22. The van der Waals surface area contributed by atoms with Gasteiger partial charge in [-0.2, -0.15) is 0 Å². The van der Waals surface area contributed by atoms with E-state index < -0.39 is 16.1 Å². The van der Waals surface area contributed by atoms with Gasteiger partial charge in [0.1, 0.15) is 10.6 Å². The Bertz CT molecular complexity index is 654. The van der Waals surface area contributed by atoms with Crippen LogP contribution in [0.2, 0.25) is 0 Å². The van der Waals surface area contributed by atoms with Crippen LogP contribution < -0.4 is 5.14 Å². The van der Waals surface area contributed by atoms with Crippen LogP contribution in [0.1, 0.15) is 36.7 Å². The molecule has 1 fully saturated rings. The number of aromatic nitrogens is 1. The number of amides is 1. The first-order chi connectivity index (χ1) is 9.84. The van der Waals surface area contributed by atoms with Crippen molar-refractivity contribution in [1.82, 2.24) is 9.88 Å². The molecule has 0 saturated carbocycles. The molecule has 0 unspecified atom stereocenters. The summed E-state index contributed by atoms with van der Waals surface area (Å²) in [6.45, 7) is 2.27. The number of pyridine rings is 1. The number of nitrogens with zero attached hydrogens (tertiary/aromatic N) is 2. The molecule has 1 aliphatic heterocycles. The van der Waals surface area contributed by atoms with Crippen molar-refractivity contribution in [2.24, 2.45) is 5.14 Å². The van der Waals surface area contributed by atoms with E-state index >= 15 is 0 Å². The predicted octanol–water partition coefficient (Wildman–Crippen LogP) is 0.313. The van der Waals surface area contributed by atoms with Gasteiger partial charge in [-0.05, 0) is 25.0 Å². The van der Waals surface area contributed by atoms with E-state index in [9.17, 15) is 18.0 Å². The lowest BCUT2D eigenvalue weighted by molar-refractivity contribution is -0.122. The fourth-order valence-electron chi connectivity index (χ4n) is 2.40. The van der Waals surface area contributed by atoms with Crippen molar-refractivity contribution in [3.8, 4) is 0 Å². The first-order valence-electron chi connectivity index (χ1n) is 6.67. The third-order valence-corrected chi connectivity index (χ3v) is 4.42. The predicted molar refractivity (Wildman–Crippen MR) is 75.0 cm³/mol. The molecule has 2 rings (SSSR count). The number of hydrogen-bond donors (Lipinski definition) is 1. The van der Waals surface area contributed by atoms with Gasteiger partial charge in [-0.15, -0.1) is 0 Å². The summed E-state index contributed by atoms with van der Waals surface area (Å²) < 4.78 is 22.3. The lowest BCUT2D eigenvalue weighted by atomic mass is 10.1. The molecule has 7 nitrogen and oxygen atoms in total. The first-order valence-corrected chi connectivity index (χ1v) is 8.21. The number of rotatable bonds is 4. The molecule has 1 aromatic rings. The average molecular weight is 311 g/mol. The first kappa shape index (κ1) is 15.6. The quantitative estimate of drug-likeness (QED) is 0.860. The maximum Gasteiger partial charge on any atom is 0.273 e. The average Bonchev–Trinajstić information content (AvgIpc) is 2.94. The van der Waals surface area contributed by atoms with Crippen LogP contribution in [0, 0.1) is 0 Å². The van der Waals surface area contributed by atoms with Crippen molar-refractivity contribution in [1.29, 1.82) is 0 Å². The van der Waals surface area contributed by atoms with Crippen LogP contribution in [0.25, 0.3) is 0 Å². The summed E-state index contributed by atoms with van der Waals surface area (Å²) in [5.74, 6) is -0.331. The SMILES string of the molecule is CCC(=O)[C@@H]1CCCN1C(=O)c1ccc(S(N)(=O)=O)cn1. The summed E-state index contributed by atoms with van der Waals surface area (Å²) in [7, 11) is -3.83. The van der Waals surface area contributed by atoms with Gasteiger partial charge in [0.25, 0.3) is 5.91 Å². The number of hydrogen-bond acceptors (Lipinski definition) is 5. The van der Waals surface area contributed by atoms with E-state index in [0.717, 1.165) is 12.6 Å². The molecule has 0 spiro atoms. The summed E-state index contributed by atoms with van der Waals surface area (Å²) >= 11 is 0. The summed E-state index contributed by atoms with van der Waals surface area (Å²) in [5, 5.41) is 4.98. The number of nitrogens with two attached hydrogens (primary N) is 1. The van der Waals surface area contributed by atoms with Crippen molar-refractivity contribution in [2.45, 2.75) is 37.1 Å². The highest BCUT2D eigenvalue weighted by Gasteiger charge is 2.33. The molecule has 2 heterocycles. The number of Topliss-reactive ketones (excluding diaryl/α,β-unsaturated/α-hetero) is 1. The van der Waals surface area contributed by atoms with Crippen molar-refractivity contribution in [2.75, 3.05) is 6.54 Å². The van der Waals surface area contributed by atoms with Crippen LogP contribution in [0.3, 0.4) is 0 Å². The van der Waals surface area contributed by atoms with E-state index in [4.69, 9.17) is 5.14 Å². The molecule has 0 radical (unpaired) electrons. The third-order valence-electron chi connectivity index (χ3n) is 3.52. The van der Waals surface area contributed by atoms with Gasteiger partial charge in [-0.3, -0.25) is 9.59 Å². The molecule has 21 heavy (non-hydrogen) atoms. The minimum atomic E-state index is -3.83. The van der Waals surface area contributed by atoms with Crippen molar-refractivity contribution < 1.29 is 18.0 Å². The number of likely N-dealkylation sites (tertiary alicyclic amines) is 1. The molecule has 1 amide bonds. The zero-order valence-corrected chi connectivity index (χ0v) is 12.5. The van der Waals surface area contributed by atoms with Gasteiger partial charge in [0.2, 0.25) is 10.0 Å². The van der Waals surface area contributed by atoms with Gasteiger partial charge >= 0.3 is 0 Å². The van der Waals surface area contributed by atoms with Gasteiger partial charge in [0.05, 0.1) is 6.04 Å². The molecule has 0 aromatic carbocycles. The maximum absolute atomic E-state index is 12.4. The molecule has 1 atom stereocenters. The summed E-state index contributed by atoms with van der Waals surface area (Å²) in [6, 6.07) is 2.15. The van der Waals surface area contributed by atoms with E-state index in [2.05, 4.69) is 4.98 Å². The summed E-state index contributed by atoms with van der Waals surface area (Å²) in [5.41, 5.74) is 0.109. The van der Waals surface area contributed by atoms with Gasteiger partial charge in [0, 0.05) is 19.2 Å². The standard InChI is InChI=1S/C13H17N3O4S/c1-2-12(17)11-4-3-7-16(11)13(18)10-6-5-9(8-15-10)21(14,19)20/h5-6,8,11H,2-4,7H2,1H3,(H2,14,19,20)/t11-/m0/s1. The normalized spacial score (nSPS) is 18.8. The van der Waals surface area contributed by atoms with E-state index in [1.807, 2.05) is 0 Å². The summed E-state index contributed by atoms with van der Waals surface area (Å²) in [6.07, 6.45) is 2.87. The highest BCUT2D eigenvalue weighted by atomic mass is 32.2. The fourth-order valence-corrected chi connectivity index (χ4v) is 2.86. The Kier molecular flexibility index (Phi) is 4.38. The van der Waals surface area contributed by atoms with Crippen LogP contribution in [0.4, 0.5) is 0 Å². The van der Waals surface area contributed by atoms with E-state index in [1.165, 1.54) is 17.0 Å². The Labute approximate surface area is 123 Å². The topological polar surface area (TPSA) is 110 Å². The molecule has 114 valence electrons. The molecule has 1 saturated heterocycles. The monoisotopic (exact) mass is 311 g/mol. The van der Waals surface area contributed by atoms with Crippen LogP contribution in [-0.4, -0.2) is 42.6 Å². The van der Waals surface area contributed by atoms with Gasteiger partial charge in [-0.25, -0.2) is 18.5 Å². The Morgan fingerprint density at radius 1 is 1.43 bits per heavy atom. The number of sulfonamides is 1. The van der Waals surface area contributed by atoms with Crippen LogP contribution in [-0.2, 0) is 14.8 Å². The van der Waals surface area contributed by atoms with Gasteiger partial charge < -0.3 is 4.90 Å². The third kappa shape index (κ3) is 3.27. The minimum Gasteiger partial charge on any atom is -0.327 e. The second-order valence-corrected chi connectivity index (χ2v) is 6.46. The Hall–Kier alpha value is -1.80. The zero-order chi connectivity index (χ0) is 15.6. The molecule has 0 bridgehead atoms. The molecule has 0 aliphatic carbocycles. The van der Waals surface area contributed by atoms with E-state index in [0.29, 0.717) is 19.4 Å². The molecule has 1 aliphatic rings. The highest BCUT2D eigenvalue weighted by molar-refractivity contribution is 7.89. The lowest BCUT2D eigenvalue weighted by Gasteiger charge is -2.22. The van der Waals surface area contributed by atoms with Crippen molar-refractivity contribution in [3.63, 3.8) is 0 Å². The smallest absolute Gasteiger partial charge is 0.273 e. The Morgan fingerprint density at radius 2 is 2.14 bits per heavy atom. The molecule has 8 heteroatoms. The van der Waals surface area contributed by atoms with Crippen LogP contribution in [0.15, 0.2) is 23.2 Å². The molecular weight excluding hydrogens is 294 g/mol. The molecule has 1 aromatic heterocycles. The maximum atomic E-state index is 12.4. The van der Waals surface area contributed by atoms with Crippen molar-refractivity contribution >= 4 is 21.7 Å². The molecular formula is C13H17N3O4S. The minimum absolute atomic E-state index is 0.0296. The Morgan fingerprint density at radius 3 is 2.67 bits per heavy atom. The number of ketones is 1. The number of carbonyl (C=O) groups is 2. The number of carbonyl (C=O) groups excluding carboxylic acids is 2. The van der Waals surface area contributed by atoms with Gasteiger partial charge in [-0.1, -0.05) is 6.92 Å². The second-order valence-electron chi connectivity index (χ2n) is 4.90. The van der Waals surface area contributed by atoms with Gasteiger partial charge in [0.15, 0.2) is 5.78 Å². The molecule has 2 N–H and O–H groups in total. The zero-order valence-electron chi connectivity index (χ0n) is 11.7. The fraction of sp³-hybridized carbons (Fsp3) is 0.462. The van der Waals surface area contributed by atoms with E-state index in [1.54, 1.807) is 6.92 Å². The van der Waals surface area contributed by atoms with Crippen molar-refractivity contribution in [3.05, 3.63) is 24.0 Å². The van der Waals surface area contributed by atoms with Crippen LogP contribution >= 0.6 is 0 Å². The second kappa shape index (κ2) is 5.90. The summed E-state index contributed by atoms with van der Waals surface area (Å²) in [4.78, 5) is 29.4. The van der Waals surface area contributed by atoms with E-state index in [-0.39, 0.29) is 22.3 Å². The highest BCUT2D eigenvalue weighted by Crippen LogP contribution is 2.21. The number of primary sulfonamides is 1. The largest absolute Gasteiger partial charge is 0.327 e. The lowest BCUT2D eigenvalue weighted by Crippen LogP contribution is -2.40. The van der Waals surface area contributed by atoms with Crippen LogP contribution in [0.5, 0.6) is 0 Å².